The molecule has 0 aliphatic heterocycles. The summed E-state index contributed by atoms with van der Waals surface area (Å²) in [4.78, 5) is 10.9. The zero-order valence-corrected chi connectivity index (χ0v) is 9.98. The molecule has 0 amide bonds. The third-order valence-corrected chi connectivity index (χ3v) is 1.94. The highest BCUT2D eigenvalue weighted by molar-refractivity contribution is 7.80. The number of unbranched alkanes of at least 4 members (excludes halogenated alkanes) is 3. The van der Waals surface area contributed by atoms with Crippen LogP contribution in [0.5, 0.6) is 0 Å². The molecule has 0 heterocycles. The number of carbonyl (C=O) groups excluding carboxylic acids is 1. The summed E-state index contributed by atoms with van der Waals surface area (Å²) in [5, 5.41) is 0.0986. The van der Waals surface area contributed by atoms with Crippen LogP contribution in [0.2, 0.25) is 0 Å². The molecule has 0 unspecified atom stereocenters. The van der Waals surface area contributed by atoms with Crippen LogP contribution >= 0.6 is 12.2 Å². The Morgan fingerprint density at radius 1 is 1.20 bits per heavy atom. The maximum Gasteiger partial charge on any atom is 0.305 e. The molecule has 0 aromatic heterocycles. The fourth-order valence-electron chi connectivity index (χ4n) is 1.13. The lowest BCUT2D eigenvalue weighted by Gasteiger charge is -2.03. The van der Waals surface area contributed by atoms with Gasteiger partial charge in [0.05, 0.1) is 13.2 Å². The Morgan fingerprint density at radius 3 is 2.47 bits per heavy atom. The Bertz CT molecular complexity index is 197. The summed E-state index contributed by atoms with van der Waals surface area (Å²) >= 11 is 4.55. The number of rotatable bonds is 8. The van der Waals surface area contributed by atoms with Crippen molar-refractivity contribution in [1.29, 1.82) is 0 Å². The molecule has 0 aliphatic carbocycles. The summed E-state index contributed by atoms with van der Waals surface area (Å²) in [6.07, 6.45) is 4.30. The van der Waals surface area contributed by atoms with E-state index in [4.69, 9.17) is 15.2 Å². The molecule has 0 aliphatic rings. The molecule has 0 bridgehead atoms. The number of esters is 1. The fraction of sp³-hybridized carbons (Fsp3) is 0.800. The van der Waals surface area contributed by atoms with Crippen molar-refractivity contribution in [2.45, 2.75) is 39.0 Å². The van der Waals surface area contributed by atoms with Crippen LogP contribution in [0.25, 0.3) is 0 Å². The lowest BCUT2D eigenvalue weighted by atomic mass is 10.1. The van der Waals surface area contributed by atoms with Crippen LogP contribution in [0.15, 0.2) is 0 Å². The summed E-state index contributed by atoms with van der Waals surface area (Å²) in [5.74, 6) is -0.114. The first-order valence-corrected chi connectivity index (χ1v) is 5.65. The minimum atomic E-state index is -0.114. The second-order valence-corrected chi connectivity index (χ2v) is 3.54. The molecule has 0 radical (unpaired) electrons. The molecule has 0 fully saturated rings. The number of carbonyl (C=O) groups is 1. The van der Waals surface area contributed by atoms with Gasteiger partial charge in [-0.1, -0.05) is 12.8 Å². The Balaban J connectivity index is 3.11. The smallest absolute Gasteiger partial charge is 0.305 e. The van der Waals surface area contributed by atoms with E-state index in [0.717, 1.165) is 25.7 Å². The van der Waals surface area contributed by atoms with Gasteiger partial charge in [-0.3, -0.25) is 4.79 Å². The number of nitrogens with two attached hydrogens (primary N) is 1. The van der Waals surface area contributed by atoms with Crippen LogP contribution in [-0.2, 0) is 14.3 Å². The van der Waals surface area contributed by atoms with E-state index >= 15 is 0 Å². The van der Waals surface area contributed by atoms with Gasteiger partial charge in [0.25, 0.3) is 5.17 Å². The number of hydrogen-bond acceptors (Lipinski definition) is 4. The fourth-order valence-corrected chi connectivity index (χ4v) is 1.21. The number of ether oxygens (including phenoxy) is 2. The largest absolute Gasteiger partial charge is 0.471 e. The van der Waals surface area contributed by atoms with Crippen molar-refractivity contribution in [2.24, 2.45) is 5.73 Å². The highest BCUT2D eigenvalue weighted by Gasteiger charge is 2.00. The number of thiocarbonyl (C=S) groups is 1. The minimum Gasteiger partial charge on any atom is -0.471 e. The average molecular weight is 233 g/mol. The first-order valence-electron chi connectivity index (χ1n) is 5.24. The van der Waals surface area contributed by atoms with E-state index < -0.39 is 0 Å². The predicted octanol–water partition coefficient (Wildman–Crippen LogP) is 1.76. The maximum absolute atomic E-state index is 10.9. The van der Waals surface area contributed by atoms with E-state index in [1.165, 1.54) is 0 Å². The zero-order valence-electron chi connectivity index (χ0n) is 9.16. The van der Waals surface area contributed by atoms with E-state index in [1.54, 1.807) is 0 Å². The van der Waals surface area contributed by atoms with Crippen molar-refractivity contribution in [3.05, 3.63) is 0 Å². The highest BCUT2D eigenvalue weighted by atomic mass is 32.1. The first kappa shape index (κ1) is 14.2. The molecule has 2 N–H and O–H groups in total. The Hall–Kier alpha value is -0.840. The van der Waals surface area contributed by atoms with Crippen molar-refractivity contribution in [3.63, 3.8) is 0 Å². The van der Waals surface area contributed by atoms with Crippen LogP contribution in [0.1, 0.15) is 39.0 Å². The standard InChI is InChI=1S/C10H19NO3S/c1-2-13-9(12)7-5-3-4-6-8-14-10(11)15/h2-8H2,1H3,(H2,11,15). The molecule has 0 aromatic carbocycles. The van der Waals surface area contributed by atoms with Crippen LogP contribution in [0, 0.1) is 0 Å². The molecule has 15 heavy (non-hydrogen) atoms. The van der Waals surface area contributed by atoms with E-state index in [2.05, 4.69) is 12.2 Å². The molecule has 0 atom stereocenters. The van der Waals surface area contributed by atoms with Gasteiger partial charge < -0.3 is 15.2 Å². The molecule has 0 rings (SSSR count). The summed E-state index contributed by atoms with van der Waals surface area (Å²) in [5.41, 5.74) is 5.15. The van der Waals surface area contributed by atoms with Crippen LogP contribution in [0.3, 0.4) is 0 Å². The molecule has 0 aromatic rings. The molecular formula is C10H19NO3S. The lowest BCUT2D eigenvalue weighted by molar-refractivity contribution is -0.143. The zero-order chi connectivity index (χ0) is 11.5. The summed E-state index contributed by atoms with van der Waals surface area (Å²) in [6.45, 7) is 2.83. The molecule has 88 valence electrons. The number of hydrogen-bond donors (Lipinski definition) is 1. The van der Waals surface area contributed by atoms with Crippen LogP contribution < -0.4 is 5.73 Å². The van der Waals surface area contributed by atoms with Gasteiger partial charge in [0.1, 0.15) is 0 Å². The van der Waals surface area contributed by atoms with Crippen LogP contribution in [-0.4, -0.2) is 24.4 Å². The average Bonchev–Trinajstić information content (AvgIpc) is 2.16. The molecular weight excluding hydrogens is 214 g/mol. The van der Waals surface area contributed by atoms with Gasteiger partial charge in [-0.2, -0.15) is 0 Å². The summed E-state index contributed by atoms with van der Waals surface area (Å²) < 4.78 is 9.73. The third kappa shape index (κ3) is 11.1. The Kier molecular flexibility index (Phi) is 9.16. The van der Waals surface area contributed by atoms with Crippen LogP contribution in [0.4, 0.5) is 0 Å². The minimum absolute atomic E-state index is 0.0986. The normalized spacial score (nSPS) is 9.67. The Morgan fingerprint density at radius 2 is 1.87 bits per heavy atom. The van der Waals surface area contributed by atoms with E-state index in [0.29, 0.717) is 19.6 Å². The van der Waals surface area contributed by atoms with E-state index in [-0.39, 0.29) is 11.1 Å². The lowest BCUT2D eigenvalue weighted by Crippen LogP contribution is -2.13. The van der Waals surface area contributed by atoms with Gasteiger partial charge >= 0.3 is 5.97 Å². The second kappa shape index (κ2) is 9.71. The molecule has 5 heteroatoms. The molecule has 4 nitrogen and oxygen atoms in total. The van der Waals surface area contributed by atoms with Gasteiger partial charge in [0, 0.05) is 6.42 Å². The van der Waals surface area contributed by atoms with Crippen molar-refractivity contribution in [1.82, 2.24) is 0 Å². The third-order valence-electron chi connectivity index (χ3n) is 1.82. The quantitative estimate of drug-likeness (QED) is 0.393. The monoisotopic (exact) mass is 233 g/mol. The molecule has 0 spiro atoms. The van der Waals surface area contributed by atoms with Gasteiger partial charge in [0.2, 0.25) is 0 Å². The van der Waals surface area contributed by atoms with Gasteiger partial charge in [-0.05, 0) is 32.0 Å². The molecule has 0 saturated heterocycles. The van der Waals surface area contributed by atoms with E-state index in [1.807, 2.05) is 6.92 Å². The van der Waals surface area contributed by atoms with E-state index in [9.17, 15) is 4.79 Å². The van der Waals surface area contributed by atoms with Gasteiger partial charge in [0.15, 0.2) is 0 Å². The van der Waals surface area contributed by atoms with Crippen molar-refractivity contribution >= 4 is 23.4 Å². The topological polar surface area (TPSA) is 61.5 Å². The summed E-state index contributed by atoms with van der Waals surface area (Å²) in [6, 6.07) is 0. The van der Waals surface area contributed by atoms with Crippen molar-refractivity contribution in [2.75, 3.05) is 13.2 Å². The second-order valence-electron chi connectivity index (χ2n) is 3.14. The van der Waals surface area contributed by atoms with Crippen molar-refractivity contribution in [3.8, 4) is 0 Å². The summed E-state index contributed by atoms with van der Waals surface area (Å²) in [7, 11) is 0. The maximum atomic E-state index is 10.9. The van der Waals surface area contributed by atoms with Crippen molar-refractivity contribution < 1.29 is 14.3 Å². The SMILES string of the molecule is CCOC(=O)CCCCCCOC(N)=S. The predicted molar refractivity (Wildman–Crippen MR) is 62.5 cm³/mol. The Labute approximate surface area is 96.1 Å². The highest BCUT2D eigenvalue weighted by Crippen LogP contribution is 2.04. The molecule has 0 saturated carbocycles. The van der Waals surface area contributed by atoms with Gasteiger partial charge in [-0.25, -0.2) is 0 Å². The van der Waals surface area contributed by atoms with Gasteiger partial charge in [-0.15, -0.1) is 0 Å². The first-order chi connectivity index (χ1) is 7.16.